The molecule has 2 fully saturated rings. The maximum absolute atomic E-state index is 12.9. The van der Waals surface area contributed by atoms with E-state index in [1.165, 1.54) is 0 Å². The molecule has 2 aliphatic rings. The molecular weight excluding hydrogens is 443 g/mol. The van der Waals surface area contributed by atoms with Crippen LogP contribution in [0.4, 0.5) is 10.2 Å². The molecule has 3 heterocycles. The summed E-state index contributed by atoms with van der Waals surface area (Å²) in [7, 11) is 0. The standard InChI is InChI=1S/C20H24BrFN4OS/c1-13-3-6-17(28-13)20(27)25-11-14-4-5-16(15(14)12-25)26(10-2-9-22)19-8-7-18(21)23-24-19/h3,6-8,14-16H,2,4-5,9-12H2,1H3/t14-,15+,16+/m0/s1. The van der Waals surface area contributed by atoms with Crippen LogP contribution in [0.25, 0.3) is 0 Å². The number of anilines is 1. The van der Waals surface area contributed by atoms with E-state index in [0.717, 1.165) is 41.5 Å². The van der Waals surface area contributed by atoms with Gasteiger partial charge in [0.25, 0.3) is 5.91 Å². The highest BCUT2D eigenvalue weighted by Crippen LogP contribution is 2.42. The average molecular weight is 467 g/mol. The Kier molecular flexibility index (Phi) is 5.96. The molecule has 8 heteroatoms. The van der Waals surface area contributed by atoms with E-state index in [4.69, 9.17) is 0 Å². The van der Waals surface area contributed by atoms with Crippen molar-refractivity contribution in [1.82, 2.24) is 15.1 Å². The van der Waals surface area contributed by atoms with Crippen LogP contribution in [-0.2, 0) is 0 Å². The quantitative estimate of drug-likeness (QED) is 0.635. The molecule has 150 valence electrons. The molecule has 0 unspecified atom stereocenters. The lowest BCUT2D eigenvalue weighted by Crippen LogP contribution is -2.42. The third-order valence-corrected chi connectivity index (χ3v) is 7.31. The van der Waals surface area contributed by atoms with Gasteiger partial charge in [-0.25, -0.2) is 0 Å². The lowest BCUT2D eigenvalue weighted by Gasteiger charge is -2.33. The van der Waals surface area contributed by atoms with Crippen molar-refractivity contribution in [1.29, 1.82) is 0 Å². The molecule has 3 atom stereocenters. The monoisotopic (exact) mass is 466 g/mol. The number of carbonyl (C=O) groups is 1. The van der Waals surface area contributed by atoms with Crippen molar-refractivity contribution in [2.24, 2.45) is 11.8 Å². The van der Waals surface area contributed by atoms with Crippen LogP contribution in [0.1, 0.15) is 33.8 Å². The van der Waals surface area contributed by atoms with Gasteiger partial charge in [0.15, 0.2) is 5.82 Å². The van der Waals surface area contributed by atoms with Crippen LogP contribution in [0.5, 0.6) is 0 Å². The Morgan fingerprint density at radius 2 is 2.14 bits per heavy atom. The lowest BCUT2D eigenvalue weighted by molar-refractivity contribution is 0.0784. The van der Waals surface area contributed by atoms with E-state index in [0.29, 0.717) is 29.4 Å². The number of carbonyl (C=O) groups excluding carboxylic acids is 1. The third kappa shape index (κ3) is 3.94. The minimum atomic E-state index is -0.344. The Labute approximate surface area is 177 Å². The summed E-state index contributed by atoms with van der Waals surface area (Å²) < 4.78 is 13.6. The number of fused-ring (bicyclic) bond motifs is 1. The van der Waals surface area contributed by atoms with Gasteiger partial charge in [-0.2, -0.15) is 0 Å². The summed E-state index contributed by atoms with van der Waals surface area (Å²) in [5.74, 6) is 1.84. The van der Waals surface area contributed by atoms with Crippen LogP contribution in [0.3, 0.4) is 0 Å². The van der Waals surface area contributed by atoms with Crippen molar-refractivity contribution < 1.29 is 9.18 Å². The minimum absolute atomic E-state index is 0.144. The molecule has 1 amide bonds. The molecular formula is C20H24BrFN4OS. The number of halogens is 2. The first-order valence-corrected chi connectivity index (χ1v) is 11.4. The predicted octanol–water partition coefficient (Wildman–Crippen LogP) is 4.33. The minimum Gasteiger partial charge on any atom is -0.352 e. The summed E-state index contributed by atoms with van der Waals surface area (Å²) in [4.78, 5) is 19.1. The topological polar surface area (TPSA) is 49.3 Å². The zero-order chi connectivity index (χ0) is 19.7. The Hall–Kier alpha value is -1.54. The second kappa shape index (κ2) is 8.45. The molecule has 1 aliphatic carbocycles. The van der Waals surface area contributed by atoms with Crippen LogP contribution >= 0.6 is 27.3 Å². The molecule has 2 aromatic heterocycles. The molecule has 0 bridgehead atoms. The molecule has 4 rings (SSSR count). The number of hydrogen-bond donors (Lipinski definition) is 0. The summed E-state index contributed by atoms with van der Waals surface area (Å²) >= 11 is 4.89. The van der Waals surface area contributed by atoms with Crippen molar-refractivity contribution >= 4 is 39.0 Å². The van der Waals surface area contributed by atoms with Gasteiger partial charge in [0.2, 0.25) is 0 Å². The van der Waals surface area contributed by atoms with Crippen molar-refractivity contribution in [3.05, 3.63) is 38.6 Å². The van der Waals surface area contributed by atoms with Crippen molar-refractivity contribution in [3.63, 3.8) is 0 Å². The van der Waals surface area contributed by atoms with Gasteiger partial charge in [-0.1, -0.05) is 0 Å². The second-order valence-corrected chi connectivity index (χ2v) is 9.74. The van der Waals surface area contributed by atoms with Gasteiger partial charge in [-0.15, -0.1) is 21.5 Å². The SMILES string of the molecule is Cc1ccc(C(=O)N2C[C@@H]3CC[C@@H](N(CCCF)c4ccc(Br)nn4)[C@@H]3C2)s1. The zero-order valence-corrected chi connectivity index (χ0v) is 18.3. The summed E-state index contributed by atoms with van der Waals surface area (Å²) in [6.45, 7) is 3.89. The van der Waals surface area contributed by atoms with Crippen molar-refractivity contribution in [2.75, 3.05) is 31.2 Å². The zero-order valence-electron chi connectivity index (χ0n) is 15.9. The number of likely N-dealkylation sites (tertiary alicyclic amines) is 1. The Morgan fingerprint density at radius 1 is 1.29 bits per heavy atom. The Bertz CT molecular complexity index is 830. The maximum atomic E-state index is 12.9. The molecule has 0 radical (unpaired) electrons. The van der Waals surface area contributed by atoms with E-state index >= 15 is 0 Å². The first kappa shape index (κ1) is 19.8. The molecule has 1 saturated heterocycles. The summed E-state index contributed by atoms with van der Waals surface area (Å²) in [5.41, 5.74) is 0. The molecule has 0 N–H and O–H groups in total. The molecule has 1 aliphatic heterocycles. The highest BCUT2D eigenvalue weighted by molar-refractivity contribution is 9.10. The highest BCUT2D eigenvalue weighted by Gasteiger charge is 2.46. The van der Waals surface area contributed by atoms with Gasteiger partial charge in [0.1, 0.15) is 4.60 Å². The fourth-order valence-corrected chi connectivity index (χ4v) is 5.68. The second-order valence-electron chi connectivity index (χ2n) is 7.64. The van der Waals surface area contributed by atoms with E-state index in [2.05, 4.69) is 31.0 Å². The van der Waals surface area contributed by atoms with Gasteiger partial charge in [0, 0.05) is 36.5 Å². The smallest absolute Gasteiger partial charge is 0.263 e. The van der Waals surface area contributed by atoms with E-state index in [1.54, 1.807) is 11.3 Å². The van der Waals surface area contributed by atoms with Crippen molar-refractivity contribution in [3.8, 4) is 0 Å². The van der Waals surface area contributed by atoms with Gasteiger partial charge < -0.3 is 9.80 Å². The third-order valence-electron chi connectivity index (χ3n) is 5.90. The largest absolute Gasteiger partial charge is 0.352 e. The number of nitrogens with zero attached hydrogens (tertiary/aromatic N) is 4. The van der Waals surface area contributed by atoms with E-state index in [-0.39, 0.29) is 18.6 Å². The van der Waals surface area contributed by atoms with Crippen LogP contribution in [0.15, 0.2) is 28.9 Å². The molecule has 28 heavy (non-hydrogen) atoms. The lowest BCUT2D eigenvalue weighted by atomic mass is 9.96. The van der Waals surface area contributed by atoms with Crippen molar-refractivity contribution in [2.45, 2.75) is 32.2 Å². The highest BCUT2D eigenvalue weighted by atomic mass is 79.9. The summed E-state index contributed by atoms with van der Waals surface area (Å²) in [6, 6.07) is 8.02. The van der Waals surface area contributed by atoms with Crippen LogP contribution in [-0.4, -0.2) is 53.4 Å². The van der Waals surface area contributed by atoms with E-state index < -0.39 is 0 Å². The molecule has 0 spiro atoms. The van der Waals surface area contributed by atoms with Crippen LogP contribution < -0.4 is 4.90 Å². The van der Waals surface area contributed by atoms with E-state index in [9.17, 15) is 9.18 Å². The summed E-state index contributed by atoms with van der Waals surface area (Å²) in [6.07, 6.45) is 2.63. The number of amides is 1. The predicted molar refractivity (Wildman–Crippen MR) is 113 cm³/mol. The number of hydrogen-bond acceptors (Lipinski definition) is 5. The number of alkyl halides is 1. The number of aryl methyl sites for hydroxylation is 1. The number of rotatable bonds is 6. The fourth-order valence-electron chi connectivity index (χ4n) is 4.64. The first-order valence-electron chi connectivity index (χ1n) is 9.74. The van der Waals surface area contributed by atoms with Gasteiger partial charge >= 0.3 is 0 Å². The van der Waals surface area contributed by atoms with Crippen LogP contribution in [0, 0.1) is 18.8 Å². The Balaban J connectivity index is 1.51. The van der Waals surface area contributed by atoms with Crippen LogP contribution in [0.2, 0.25) is 0 Å². The molecule has 1 saturated carbocycles. The summed E-state index contributed by atoms with van der Waals surface area (Å²) in [5, 5.41) is 8.44. The molecule has 2 aromatic rings. The van der Waals surface area contributed by atoms with Gasteiger partial charge in [0.05, 0.1) is 11.6 Å². The maximum Gasteiger partial charge on any atom is 0.263 e. The molecule has 5 nitrogen and oxygen atoms in total. The van der Waals surface area contributed by atoms with Gasteiger partial charge in [-0.3, -0.25) is 9.18 Å². The number of thiophene rings is 1. The number of aromatic nitrogens is 2. The van der Waals surface area contributed by atoms with E-state index in [1.807, 2.05) is 36.1 Å². The van der Waals surface area contributed by atoms with Gasteiger partial charge in [-0.05, 0) is 72.3 Å². The first-order chi connectivity index (χ1) is 13.6. The fraction of sp³-hybridized carbons (Fsp3) is 0.550. The molecule has 0 aromatic carbocycles. The average Bonchev–Trinajstić information content (AvgIpc) is 3.39. The Morgan fingerprint density at radius 3 is 2.82 bits per heavy atom. The normalized spacial score (nSPS) is 23.8.